The lowest BCUT2D eigenvalue weighted by Crippen LogP contribution is -2.34. The summed E-state index contributed by atoms with van der Waals surface area (Å²) in [4.78, 5) is 32.5. The van der Waals surface area contributed by atoms with Gasteiger partial charge in [0.25, 0.3) is 5.56 Å². The molecule has 0 radical (unpaired) electrons. The van der Waals surface area contributed by atoms with Crippen molar-refractivity contribution in [1.29, 1.82) is 5.26 Å². The summed E-state index contributed by atoms with van der Waals surface area (Å²) >= 11 is 1.07. The van der Waals surface area contributed by atoms with Gasteiger partial charge in [-0.05, 0) is 36.4 Å². The highest BCUT2D eigenvalue weighted by Crippen LogP contribution is 2.25. The number of nitriles is 1. The van der Waals surface area contributed by atoms with Crippen LogP contribution in [0.25, 0.3) is 16.6 Å². The topological polar surface area (TPSA) is 88.2 Å². The molecule has 1 aromatic heterocycles. The Morgan fingerprint density at radius 2 is 1.91 bits per heavy atom. The van der Waals surface area contributed by atoms with Crippen LogP contribution in [0.4, 0.5) is 10.1 Å². The average Bonchev–Trinajstić information content (AvgIpc) is 2.88. The Morgan fingerprint density at radius 1 is 1.14 bits per heavy atom. The summed E-state index contributed by atoms with van der Waals surface area (Å²) in [5.41, 5.74) is 0.860. The average molecular weight is 489 g/mol. The molecule has 7 nitrogen and oxygen atoms in total. The van der Waals surface area contributed by atoms with E-state index in [2.05, 4.69) is 4.98 Å². The van der Waals surface area contributed by atoms with Crippen LogP contribution in [0.3, 0.4) is 0 Å². The van der Waals surface area contributed by atoms with E-state index >= 15 is 0 Å². The molecule has 0 N–H and O–H groups in total. The molecule has 0 fully saturated rings. The number of hydrogen-bond acceptors (Lipinski definition) is 6. The van der Waals surface area contributed by atoms with E-state index in [4.69, 9.17) is 10.00 Å². The predicted molar refractivity (Wildman–Crippen MR) is 134 cm³/mol. The fourth-order valence-corrected chi connectivity index (χ4v) is 4.49. The molecule has 0 aliphatic rings. The number of carbonyl (C=O) groups excluding carboxylic acids is 1. The van der Waals surface area contributed by atoms with Gasteiger partial charge in [-0.1, -0.05) is 42.1 Å². The number of benzene rings is 3. The van der Waals surface area contributed by atoms with E-state index in [9.17, 15) is 14.0 Å². The third-order valence-electron chi connectivity index (χ3n) is 5.27. The van der Waals surface area contributed by atoms with Gasteiger partial charge in [-0.3, -0.25) is 14.2 Å². The van der Waals surface area contributed by atoms with Crippen LogP contribution in [-0.4, -0.2) is 34.9 Å². The number of fused-ring (bicyclic) bond motifs is 1. The third-order valence-corrected chi connectivity index (χ3v) is 6.20. The Morgan fingerprint density at radius 3 is 2.69 bits per heavy atom. The van der Waals surface area contributed by atoms with E-state index in [0.717, 1.165) is 11.8 Å². The second kappa shape index (κ2) is 10.8. The van der Waals surface area contributed by atoms with Crippen LogP contribution in [0.2, 0.25) is 0 Å². The summed E-state index contributed by atoms with van der Waals surface area (Å²) in [6, 6.07) is 21.9. The number of para-hydroxylation sites is 2. The van der Waals surface area contributed by atoms with E-state index in [1.807, 2.05) is 6.07 Å². The molecule has 0 aliphatic heterocycles. The molecule has 0 unspecified atom stereocenters. The zero-order valence-corrected chi connectivity index (χ0v) is 19.7. The highest BCUT2D eigenvalue weighted by molar-refractivity contribution is 7.99. The van der Waals surface area contributed by atoms with E-state index in [1.54, 1.807) is 54.6 Å². The first-order chi connectivity index (χ1) is 17.0. The summed E-state index contributed by atoms with van der Waals surface area (Å²) < 4.78 is 21.2. The maximum Gasteiger partial charge on any atom is 0.266 e. The lowest BCUT2D eigenvalue weighted by Gasteiger charge is -2.22. The van der Waals surface area contributed by atoms with Crippen molar-refractivity contribution in [2.45, 2.75) is 11.6 Å². The molecular weight excluding hydrogens is 467 g/mol. The maximum absolute atomic E-state index is 14.4. The molecule has 4 rings (SSSR count). The van der Waals surface area contributed by atoms with Gasteiger partial charge in [-0.25, -0.2) is 9.37 Å². The number of methoxy groups -OCH3 is 1. The smallest absolute Gasteiger partial charge is 0.266 e. The standard InChI is InChI=1S/C26H21FN4O3S/c1-34-19-9-6-8-18(16-19)31-25(33)20-10-2-4-12-22(20)29-26(31)35-17-24(32)30(15-7-14-28)23-13-5-3-11-21(23)27/h2-6,8-13,16H,7,15,17H2,1H3. The quantitative estimate of drug-likeness (QED) is 0.267. The Balaban J connectivity index is 1.72. The van der Waals surface area contributed by atoms with Crippen LogP contribution < -0.4 is 15.2 Å². The van der Waals surface area contributed by atoms with Crippen molar-refractivity contribution < 1.29 is 13.9 Å². The van der Waals surface area contributed by atoms with Crippen molar-refractivity contribution in [2.24, 2.45) is 0 Å². The first kappa shape index (κ1) is 24.0. The number of anilines is 1. The molecule has 0 spiro atoms. The zero-order valence-electron chi connectivity index (χ0n) is 18.8. The summed E-state index contributed by atoms with van der Waals surface area (Å²) in [6.07, 6.45) is 0.0491. The number of nitrogens with zero attached hydrogens (tertiary/aromatic N) is 4. The van der Waals surface area contributed by atoms with Crippen molar-refractivity contribution in [2.75, 3.05) is 24.3 Å². The minimum atomic E-state index is -0.555. The van der Waals surface area contributed by atoms with Crippen LogP contribution in [-0.2, 0) is 4.79 Å². The molecule has 3 aromatic carbocycles. The van der Waals surface area contributed by atoms with Gasteiger partial charge >= 0.3 is 0 Å². The Kier molecular flexibility index (Phi) is 7.43. The molecule has 9 heteroatoms. The highest BCUT2D eigenvalue weighted by Gasteiger charge is 2.21. The summed E-state index contributed by atoms with van der Waals surface area (Å²) in [5, 5.41) is 9.76. The number of halogens is 1. The Bertz CT molecular complexity index is 1480. The summed E-state index contributed by atoms with van der Waals surface area (Å²) in [7, 11) is 1.54. The molecule has 0 saturated heterocycles. The number of aromatic nitrogens is 2. The van der Waals surface area contributed by atoms with Crippen molar-refractivity contribution in [3.8, 4) is 17.5 Å². The first-order valence-corrected chi connectivity index (χ1v) is 11.7. The normalized spacial score (nSPS) is 10.7. The van der Waals surface area contributed by atoms with Crippen LogP contribution in [0.15, 0.2) is 82.7 Å². The fraction of sp³-hybridized carbons (Fsp3) is 0.154. The summed E-state index contributed by atoms with van der Waals surface area (Å²) in [6.45, 7) is 0.0463. The molecule has 0 saturated carbocycles. The molecular formula is C26H21FN4O3S. The van der Waals surface area contributed by atoms with Crippen molar-refractivity contribution in [3.05, 3.63) is 89.0 Å². The second-order valence-corrected chi connectivity index (χ2v) is 8.39. The van der Waals surface area contributed by atoms with Gasteiger partial charge in [-0.15, -0.1) is 0 Å². The molecule has 0 atom stereocenters. The molecule has 4 aromatic rings. The van der Waals surface area contributed by atoms with Gasteiger partial charge in [0.2, 0.25) is 5.91 Å². The zero-order chi connectivity index (χ0) is 24.8. The van der Waals surface area contributed by atoms with E-state index in [0.29, 0.717) is 27.5 Å². The maximum atomic E-state index is 14.4. The largest absolute Gasteiger partial charge is 0.497 e. The molecule has 176 valence electrons. The SMILES string of the molecule is COc1cccc(-n2c(SCC(=O)N(CCC#N)c3ccccc3F)nc3ccccc3c2=O)c1. The van der Waals surface area contributed by atoms with Gasteiger partial charge in [0.05, 0.1) is 47.6 Å². The van der Waals surface area contributed by atoms with Crippen molar-refractivity contribution in [1.82, 2.24) is 9.55 Å². The molecule has 0 bridgehead atoms. The van der Waals surface area contributed by atoms with E-state index in [1.165, 1.54) is 34.8 Å². The van der Waals surface area contributed by atoms with Gasteiger partial charge in [0.15, 0.2) is 5.16 Å². The van der Waals surface area contributed by atoms with Crippen LogP contribution >= 0.6 is 11.8 Å². The third kappa shape index (κ3) is 5.18. The predicted octanol–water partition coefficient (Wildman–Crippen LogP) is 4.57. The van der Waals surface area contributed by atoms with Crippen LogP contribution in [0.1, 0.15) is 6.42 Å². The van der Waals surface area contributed by atoms with Crippen LogP contribution in [0.5, 0.6) is 5.75 Å². The van der Waals surface area contributed by atoms with Gasteiger partial charge in [0, 0.05) is 12.6 Å². The van der Waals surface area contributed by atoms with Gasteiger partial charge in [0.1, 0.15) is 11.6 Å². The molecule has 0 aliphatic carbocycles. The van der Waals surface area contributed by atoms with Crippen molar-refractivity contribution in [3.63, 3.8) is 0 Å². The number of thioether (sulfide) groups is 1. The van der Waals surface area contributed by atoms with Crippen LogP contribution in [0, 0.1) is 17.1 Å². The number of rotatable bonds is 8. The number of hydrogen-bond donors (Lipinski definition) is 0. The van der Waals surface area contributed by atoms with Gasteiger partial charge < -0.3 is 9.64 Å². The first-order valence-electron chi connectivity index (χ1n) is 10.7. The summed E-state index contributed by atoms with van der Waals surface area (Å²) in [5.74, 6) is -0.512. The number of amides is 1. The Hall–Kier alpha value is -4.16. The monoisotopic (exact) mass is 488 g/mol. The lowest BCUT2D eigenvalue weighted by atomic mass is 10.2. The molecule has 1 heterocycles. The van der Waals surface area contributed by atoms with Gasteiger partial charge in [-0.2, -0.15) is 5.26 Å². The van der Waals surface area contributed by atoms with E-state index < -0.39 is 11.7 Å². The Labute approximate surface area is 205 Å². The number of carbonyl (C=O) groups is 1. The van der Waals surface area contributed by atoms with Crippen molar-refractivity contribution >= 4 is 34.3 Å². The minimum Gasteiger partial charge on any atom is -0.497 e. The molecule has 35 heavy (non-hydrogen) atoms. The number of ether oxygens (including phenoxy) is 1. The minimum absolute atomic E-state index is 0.0463. The lowest BCUT2D eigenvalue weighted by molar-refractivity contribution is -0.116. The highest BCUT2D eigenvalue weighted by atomic mass is 32.2. The van der Waals surface area contributed by atoms with E-state index in [-0.39, 0.29) is 30.0 Å². The fourth-order valence-electron chi connectivity index (χ4n) is 3.60. The molecule has 1 amide bonds. The second-order valence-electron chi connectivity index (χ2n) is 7.45.